The molecule has 1 fully saturated rings. The maximum absolute atomic E-state index is 12.3. The standard InChI is InChI=1S/C15H21N5OS.2ClH/c1-11(9-16-2)15(21)20-6-4-19(5-7-20)14-13-12(3-8-22-13)17-10-18-14;;/h3,8,10-11,16H,4-7,9H2,1-2H3;2*1H. The van der Waals surface area contributed by atoms with Crippen LogP contribution in [0.4, 0.5) is 5.82 Å². The molecule has 1 aliphatic heterocycles. The molecule has 0 bridgehead atoms. The molecule has 1 unspecified atom stereocenters. The molecule has 1 saturated heterocycles. The summed E-state index contributed by atoms with van der Waals surface area (Å²) in [5.74, 6) is 1.26. The van der Waals surface area contributed by atoms with E-state index >= 15 is 0 Å². The number of hydrogen-bond donors (Lipinski definition) is 1. The second-order valence-corrected chi connectivity index (χ2v) is 6.52. The fourth-order valence-corrected chi connectivity index (χ4v) is 3.71. The Labute approximate surface area is 158 Å². The summed E-state index contributed by atoms with van der Waals surface area (Å²) < 4.78 is 1.13. The zero-order valence-electron chi connectivity index (χ0n) is 13.8. The number of thiophene rings is 1. The molecule has 0 radical (unpaired) electrons. The van der Waals surface area contributed by atoms with Crippen LogP contribution in [0.25, 0.3) is 10.2 Å². The average Bonchev–Trinajstić information content (AvgIpc) is 3.03. The molecule has 0 aliphatic carbocycles. The summed E-state index contributed by atoms with van der Waals surface area (Å²) in [5.41, 5.74) is 0.996. The third kappa shape index (κ3) is 4.27. The summed E-state index contributed by atoms with van der Waals surface area (Å²) in [4.78, 5) is 25.3. The zero-order valence-corrected chi connectivity index (χ0v) is 16.2. The van der Waals surface area contributed by atoms with E-state index in [9.17, 15) is 4.79 Å². The molecular weight excluding hydrogens is 369 g/mol. The monoisotopic (exact) mass is 391 g/mol. The molecule has 1 aliphatic rings. The van der Waals surface area contributed by atoms with Crippen molar-refractivity contribution >= 4 is 58.1 Å². The smallest absolute Gasteiger partial charge is 0.226 e. The summed E-state index contributed by atoms with van der Waals surface area (Å²) in [6.45, 7) is 5.85. The van der Waals surface area contributed by atoms with Crippen LogP contribution in [-0.2, 0) is 4.79 Å². The molecule has 2 aromatic heterocycles. The van der Waals surface area contributed by atoms with Crippen molar-refractivity contribution in [2.45, 2.75) is 6.92 Å². The highest BCUT2D eigenvalue weighted by Gasteiger charge is 2.25. The van der Waals surface area contributed by atoms with Gasteiger partial charge in [0.25, 0.3) is 0 Å². The molecule has 0 saturated carbocycles. The number of halogens is 2. The largest absolute Gasteiger partial charge is 0.352 e. The van der Waals surface area contributed by atoms with Crippen LogP contribution in [-0.4, -0.2) is 60.5 Å². The normalized spacial score (nSPS) is 15.6. The number of anilines is 1. The SMILES string of the molecule is CNCC(C)C(=O)N1CCN(c2ncnc3ccsc23)CC1.Cl.Cl. The minimum Gasteiger partial charge on any atom is -0.352 e. The Kier molecular flexibility index (Phi) is 8.15. The van der Waals surface area contributed by atoms with E-state index in [0.717, 1.165) is 48.8 Å². The maximum Gasteiger partial charge on any atom is 0.226 e. The number of piperazine rings is 1. The van der Waals surface area contributed by atoms with Gasteiger partial charge in [-0.3, -0.25) is 4.79 Å². The van der Waals surface area contributed by atoms with E-state index in [1.54, 1.807) is 17.7 Å². The second-order valence-electron chi connectivity index (χ2n) is 5.60. The van der Waals surface area contributed by atoms with Gasteiger partial charge in [0, 0.05) is 38.6 Å². The van der Waals surface area contributed by atoms with Gasteiger partial charge < -0.3 is 15.1 Å². The predicted molar refractivity (Wildman–Crippen MR) is 104 cm³/mol. The van der Waals surface area contributed by atoms with Crippen LogP contribution in [0.3, 0.4) is 0 Å². The molecule has 2 aromatic rings. The minimum absolute atomic E-state index is 0. The third-order valence-corrected chi connectivity index (χ3v) is 4.95. The van der Waals surface area contributed by atoms with Crippen LogP contribution in [0.5, 0.6) is 0 Å². The van der Waals surface area contributed by atoms with Crippen molar-refractivity contribution in [2.24, 2.45) is 5.92 Å². The van der Waals surface area contributed by atoms with Crippen LogP contribution in [0.15, 0.2) is 17.8 Å². The predicted octanol–water partition coefficient (Wildman–Crippen LogP) is 2.04. The van der Waals surface area contributed by atoms with Crippen LogP contribution >= 0.6 is 36.2 Å². The van der Waals surface area contributed by atoms with Gasteiger partial charge in [0.1, 0.15) is 12.1 Å². The molecule has 1 amide bonds. The van der Waals surface area contributed by atoms with Crippen LogP contribution < -0.4 is 10.2 Å². The van der Waals surface area contributed by atoms with Crippen molar-refractivity contribution in [3.05, 3.63) is 17.8 Å². The average molecular weight is 392 g/mol. The van der Waals surface area contributed by atoms with Gasteiger partial charge in [-0.05, 0) is 18.5 Å². The van der Waals surface area contributed by atoms with Crippen molar-refractivity contribution in [1.29, 1.82) is 0 Å². The molecule has 3 rings (SSSR count). The van der Waals surface area contributed by atoms with E-state index in [2.05, 4.69) is 20.2 Å². The first-order valence-corrected chi connectivity index (χ1v) is 8.45. The van der Waals surface area contributed by atoms with Crippen molar-refractivity contribution in [1.82, 2.24) is 20.2 Å². The van der Waals surface area contributed by atoms with Crippen molar-refractivity contribution in [3.63, 3.8) is 0 Å². The number of aromatic nitrogens is 2. The molecule has 0 aromatic carbocycles. The fraction of sp³-hybridized carbons (Fsp3) is 0.533. The lowest BCUT2D eigenvalue weighted by atomic mass is 10.1. The molecule has 1 N–H and O–H groups in total. The van der Waals surface area contributed by atoms with E-state index in [1.807, 2.05) is 30.3 Å². The highest BCUT2D eigenvalue weighted by atomic mass is 35.5. The van der Waals surface area contributed by atoms with Gasteiger partial charge in [0.2, 0.25) is 5.91 Å². The van der Waals surface area contributed by atoms with Crippen molar-refractivity contribution < 1.29 is 4.79 Å². The van der Waals surface area contributed by atoms with Gasteiger partial charge in [0.05, 0.1) is 10.2 Å². The molecule has 6 nitrogen and oxygen atoms in total. The number of amides is 1. The fourth-order valence-electron chi connectivity index (χ4n) is 2.84. The van der Waals surface area contributed by atoms with Gasteiger partial charge in [-0.1, -0.05) is 6.92 Å². The minimum atomic E-state index is 0. The van der Waals surface area contributed by atoms with Crippen molar-refractivity contribution in [2.75, 3.05) is 44.7 Å². The number of hydrogen-bond acceptors (Lipinski definition) is 6. The number of rotatable bonds is 4. The summed E-state index contributed by atoms with van der Waals surface area (Å²) in [6.07, 6.45) is 1.62. The summed E-state index contributed by atoms with van der Waals surface area (Å²) >= 11 is 1.67. The Morgan fingerprint density at radius 1 is 1.29 bits per heavy atom. The van der Waals surface area contributed by atoms with Gasteiger partial charge in [-0.15, -0.1) is 36.2 Å². The molecule has 0 spiro atoms. The Balaban J connectivity index is 0.00000144. The lowest BCUT2D eigenvalue weighted by Gasteiger charge is -2.36. The number of fused-ring (bicyclic) bond motifs is 1. The number of carbonyl (C=O) groups is 1. The lowest BCUT2D eigenvalue weighted by molar-refractivity contribution is -0.135. The summed E-state index contributed by atoms with van der Waals surface area (Å²) in [5, 5.41) is 5.11. The van der Waals surface area contributed by atoms with Crippen LogP contribution in [0.1, 0.15) is 6.92 Å². The summed E-state index contributed by atoms with van der Waals surface area (Å²) in [7, 11) is 1.88. The third-order valence-electron chi connectivity index (χ3n) is 4.05. The van der Waals surface area contributed by atoms with E-state index < -0.39 is 0 Å². The van der Waals surface area contributed by atoms with Gasteiger partial charge in [-0.2, -0.15) is 0 Å². The molecular formula is C15H23Cl2N5OS. The first-order chi connectivity index (χ1) is 10.7. The van der Waals surface area contributed by atoms with E-state index in [1.165, 1.54) is 0 Å². The molecule has 1 atom stereocenters. The molecule has 3 heterocycles. The lowest BCUT2D eigenvalue weighted by Crippen LogP contribution is -2.51. The first kappa shape index (κ1) is 20.9. The number of carbonyl (C=O) groups excluding carboxylic acids is 1. The van der Waals surface area contributed by atoms with E-state index in [-0.39, 0.29) is 36.6 Å². The number of nitrogens with one attached hydrogen (secondary N) is 1. The summed E-state index contributed by atoms with van der Waals surface area (Å²) in [6, 6.07) is 2.02. The van der Waals surface area contributed by atoms with Crippen LogP contribution in [0.2, 0.25) is 0 Å². The topological polar surface area (TPSA) is 61.4 Å². The maximum atomic E-state index is 12.3. The molecule has 24 heavy (non-hydrogen) atoms. The highest BCUT2D eigenvalue weighted by Crippen LogP contribution is 2.28. The Bertz CT molecular complexity index is 660. The first-order valence-electron chi connectivity index (χ1n) is 7.57. The van der Waals surface area contributed by atoms with Gasteiger partial charge in [0.15, 0.2) is 0 Å². The van der Waals surface area contributed by atoms with Crippen LogP contribution in [0, 0.1) is 5.92 Å². The molecule has 9 heteroatoms. The zero-order chi connectivity index (χ0) is 15.5. The van der Waals surface area contributed by atoms with Crippen molar-refractivity contribution in [3.8, 4) is 0 Å². The van der Waals surface area contributed by atoms with E-state index in [0.29, 0.717) is 0 Å². The molecule has 134 valence electrons. The quantitative estimate of drug-likeness (QED) is 0.863. The number of nitrogens with zero attached hydrogens (tertiary/aromatic N) is 4. The second kappa shape index (κ2) is 9.36. The van der Waals surface area contributed by atoms with Gasteiger partial charge >= 0.3 is 0 Å². The Hall–Kier alpha value is -1.15. The Morgan fingerprint density at radius 3 is 2.67 bits per heavy atom. The van der Waals surface area contributed by atoms with Gasteiger partial charge in [-0.25, -0.2) is 9.97 Å². The van der Waals surface area contributed by atoms with E-state index in [4.69, 9.17) is 0 Å². The Morgan fingerprint density at radius 2 is 2.00 bits per heavy atom. The highest BCUT2D eigenvalue weighted by molar-refractivity contribution is 7.17.